The summed E-state index contributed by atoms with van der Waals surface area (Å²) in [7, 11) is -4.66. The Bertz CT molecular complexity index is 480. The number of nitrogens with zero attached hydrogens (tertiary/aromatic N) is 1. The lowest BCUT2D eigenvalue weighted by Gasteiger charge is -2.34. The second kappa shape index (κ2) is 5.99. The molecule has 0 aromatic carbocycles. The summed E-state index contributed by atoms with van der Waals surface area (Å²) >= 11 is 0. The van der Waals surface area contributed by atoms with Gasteiger partial charge < -0.3 is 19.6 Å². The highest BCUT2D eigenvalue weighted by atomic mass is 31.2. The molecule has 0 unspecified atom stereocenters. The van der Waals surface area contributed by atoms with Gasteiger partial charge >= 0.3 is 13.9 Å². The van der Waals surface area contributed by atoms with Gasteiger partial charge in [0.1, 0.15) is 12.3 Å². The maximum atomic E-state index is 11.7. The minimum absolute atomic E-state index is 0.0729. The average molecular weight is 324 g/mol. The summed E-state index contributed by atoms with van der Waals surface area (Å²) in [4.78, 5) is 41.6. The van der Waals surface area contributed by atoms with Crippen LogP contribution < -0.4 is 5.32 Å². The average Bonchev–Trinajstić information content (AvgIpc) is 2.72. The van der Waals surface area contributed by atoms with Crippen LogP contribution in [0.3, 0.4) is 0 Å². The Labute approximate surface area is 120 Å². The van der Waals surface area contributed by atoms with E-state index in [0.29, 0.717) is 0 Å². The fourth-order valence-corrected chi connectivity index (χ4v) is 2.58. The number of aliphatic hydroxyl groups excluding tert-OH is 1. The smallest absolute Gasteiger partial charge is 0.390 e. The number of urea groups is 1. The first-order chi connectivity index (χ1) is 9.67. The molecule has 3 amide bonds. The summed E-state index contributed by atoms with van der Waals surface area (Å²) < 4.78 is 20.3. The summed E-state index contributed by atoms with van der Waals surface area (Å²) in [6.45, 7) is 1.30. The molecule has 0 bridgehead atoms. The van der Waals surface area contributed by atoms with Gasteiger partial charge in [0.05, 0.1) is 18.6 Å². The molecule has 11 heteroatoms. The number of hydrogen-bond donors (Lipinski definition) is 4. The van der Waals surface area contributed by atoms with Gasteiger partial charge in [0.15, 0.2) is 0 Å². The van der Waals surface area contributed by atoms with Crippen molar-refractivity contribution in [2.75, 3.05) is 13.2 Å². The molecule has 0 aromatic rings. The van der Waals surface area contributed by atoms with Gasteiger partial charge in [-0.25, -0.2) is 9.36 Å². The minimum atomic E-state index is -4.66. The highest BCUT2D eigenvalue weighted by Gasteiger charge is 2.42. The molecule has 0 aromatic heterocycles. The third kappa shape index (κ3) is 4.00. The van der Waals surface area contributed by atoms with Gasteiger partial charge in [0.2, 0.25) is 5.91 Å². The third-order valence-electron chi connectivity index (χ3n) is 3.37. The molecule has 2 heterocycles. The summed E-state index contributed by atoms with van der Waals surface area (Å²) in [5.74, 6) is -0.787. The molecule has 21 heavy (non-hydrogen) atoms. The molecule has 2 rings (SSSR count). The number of phosphoric ester groups is 1. The molecule has 0 radical (unpaired) electrons. The Hall–Kier alpha value is -1.03. The SMILES string of the molecule is C[C@@H]1CN([C@H]2C[C@H](O)[C@@H](COP(=O)(O)O)O2)C(=O)NC1=O. The number of carbonyl (C=O) groups is 2. The predicted molar refractivity (Wildman–Crippen MR) is 66.7 cm³/mol. The van der Waals surface area contributed by atoms with Crippen LogP contribution in [0.25, 0.3) is 0 Å². The molecule has 4 N–H and O–H groups in total. The first-order valence-electron chi connectivity index (χ1n) is 6.32. The Morgan fingerprint density at radius 3 is 2.76 bits per heavy atom. The van der Waals surface area contributed by atoms with Crippen LogP contribution in [0, 0.1) is 5.92 Å². The Morgan fingerprint density at radius 1 is 1.48 bits per heavy atom. The summed E-state index contributed by atoms with van der Waals surface area (Å²) in [6, 6.07) is -0.619. The monoisotopic (exact) mass is 324 g/mol. The fraction of sp³-hybridized carbons (Fsp3) is 0.800. The van der Waals surface area contributed by atoms with E-state index in [1.54, 1.807) is 6.92 Å². The van der Waals surface area contributed by atoms with E-state index in [1.807, 2.05) is 0 Å². The lowest BCUT2D eigenvalue weighted by Crippen LogP contribution is -2.57. The minimum Gasteiger partial charge on any atom is -0.390 e. The van der Waals surface area contributed by atoms with Crippen molar-refractivity contribution >= 4 is 19.8 Å². The van der Waals surface area contributed by atoms with Crippen molar-refractivity contribution in [2.45, 2.75) is 31.8 Å². The van der Waals surface area contributed by atoms with Gasteiger partial charge in [-0.3, -0.25) is 19.5 Å². The van der Waals surface area contributed by atoms with Crippen LogP contribution in [0.1, 0.15) is 13.3 Å². The quantitative estimate of drug-likeness (QED) is 0.470. The summed E-state index contributed by atoms with van der Waals surface area (Å²) in [6.07, 6.45) is -2.68. The van der Waals surface area contributed by atoms with Crippen molar-refractivity contribution in [2.24, 2.45) is 5.92 Å². The maximum absolute atomic E-state index is 11.7. The number of aliphatic hydroxyl groups is 1. The summed E-state index contributed by atoms with van der Waals surface area (Å²) in [5.41, 5.74) is 0. The van der Waals surface area contributed by atoms with Crippen molar-refractivity contribution in [1.82, 2.24) is 10.2 Å². The van der Waals surface area contributed by atoms with E-state index in [4.69, 9.17) is 14.5 Å². The third-order valence-corrected chi connectivity index (χ3v) is 3.85. The molecule has 0 saturated carbocycles. The van der Waals surface area contributed by atoms with Gasteiger partial charge in [0, 0.05) is 13.0 Å². The predicted octanol–water partition coefficient (Wildman–Crippen LogP) is -1.24. The van der Waals surface area contributed by atoms with E-state index in [0.717, 1.165) is 0 Å². The van der Waals surface area contributed by atoms with Crippen LogP contribution in [-0.2, 0) is 18.6 Å². The zero-order valence-corrected chi connectivity index (χ0v) is 12.1. The maximum Gasteiger partial charge on any atom is 0.469 e. The molecule has 2 fully saturated rings. The van der Waals surface area contributed by atoms with Crippen LogP contribution in [-0.4, -0.2) is 63.3 Å². The molecular weight excluding hydrogens is 307 g/mol. The Balaban J connectivity index is 1.95. The van der Waals surface area contributed by atoms with Gasteiger partial charge in [-0.15, -0.1) is 0 Å². The molecule has 2 aliphatic heterocycles. The zero-order valence-electron chi connectivity index (χ0n) is 11.2. The number of amides is 3. The van der Waals surface area contributed by atoms with Crippen molar-refractivity contribution < 1.29 is 38.3 Å². The van der Waals surface area contributed by atoms with Gasteiger partial charge in [0.25, 0.3) is 0 Å². The number of ether oxygens (including phenoxy) is 1. The van der Waals surface area contributed by atoms with E-state index in [-0.39, 0.29) is 18.9 Å². The van der Waals surface area contributed by atoms with Gasteiger partial charge in [-0.05, 0) is 0 Å². The molecule has 0 aliphatic carbocycles. The van der Waals surface area contributed by atoms with Crippen LogP contribution in [0.15, 0.2) is 0 Å². The molecule has 0 spiro atoms. The normalized spacial score (nSPS) is 34.2. The highest BCUT2D eigenvalue weighted by Crippen LogP contribution is 2.37. The van der Waals surface area contributed by atoms with E-state index in [9.17, 15) is 19.3 Å². The second-order valence-electron chi connectivity index (χ2n) is 5.07. The van der Waals surface area contributed by atoms with E-state index < -0.39 is 44.8 Å². The second-order valence-corrected chi connectivity index (χ2v) is 6.31. The van der Waals surface area contributed by atoms with Crippen molar-refractivity contribution in [3.8, 4) is 0 Å². The van der Waals surface area contributed by atoms with E-state index in [2.05, 4.69) is 9.84 Å². The number of carbonyl (C=O) groups excluding carboxylic acids is 2. The Morgan fingerprint density at radius 2 is 2.14 bits per heavy atom. The van der Waals surface area contributed by atoms with Gasteiger partial charge in [-0.1, -0.05) is 6.92 Å². The number of hydrogen-bond acceptors (Lipinski definition) is 6. The first-order valence-corrected chi connectivity index (χ1v) is 7.85. The van der Waals surface area contributed by atoms with E-state index >= 15 is 0 Å². The molecule has 2 saturated heterocycles. The standard InChI is InChI=1S/C10H17N2O8P/c1-5-3-12(10(15)11-9(5)14)8-2-6(13)7(20-8)4-19-21(16,17)18/h5-8,13H,2-4H2,1H3,(H,11,14,15)(H2,16,17,18)/t5-,6+,7-,8-/m1/s1. The molecule has 120 valence electrons. The van der Waals surface area contributed by atoms with Crippen LogP contribution in [0.2, 0.25) is 0 Å². The van der Waals surface area contributed by atoms with Crippen LogP contribution in [0.5, 0.6) is 0 Å². The lowest BCUT2D eigenvalue weighted by atomic mass is 10.1. The topological polar surface area (TPSA) is 146 Å². The zero-order chi connectivity index (χ0) is 15.8. The number of phosphoric acid groups is 1. The van der Waals surface area contributed by atoms with Gasteiger partial charge in [-0.2, -0.15) is 0 Å². The largest absolute Gasteiger partial charge is 0.469 e. The number of rotatable bonds is 4. The fourth-order valence-electron chi connectivity index (χ4n) is 2.24. The van der Waals surface area contributed by atoms with E-state index in [1.165, 1.54) is 4.90 Å². The van der Waals surface area contributed by atoms with Crippen molar-refractivity contribution in [1.29, 1.82) is 0 Å². The molecule has 2 aliphatic rings. The first kappa shape index (κ1) is 16.3. The lowest BCUT2D eigenvalue weighted by molar-refractivity contribution is -0.128. The molecule has 4 atom stereocenters. The van der Waals surface area contributed by atoms with Crippen molar-refractivity contribution in [3.63, 3.8) is 0 Å². The Kier molecular flexibility index (Phi) is 4.66. The van der Waals surface area contributed by atoms with Crippen LogP contribution in [0.4, 0.5) is 4.79 Å². The van der Waals surface area contributed by atoms with Crippen molar-refractivity contribution in [3.05, 3.63) is 0 Å². The molecular formula is C10H17N2O8P. The highest BCUT2D eigenvalue weighted by molar-refractivity contribution is 7.46. The van der Waals surface area contributed by atoms with Crippen LogP contribution >= 0.6 is 7.82 Å². The molecule has 10 nitrogen and oxygen atoms in total. The number of nitrogens with one attached hydrogen (secondary N) is 1. The number of imide groups is 1. The summed E-state index contributed by atoms with van der Waals surface area (Å²) in [5, 5.41) is 12.0.